The maximum Gasteiger partial charge on any atom is 0.163 e. The summed E-state index contributed by atoms with van der Waals surface area (Å²) < 4.78 is 5.64. The lowest BCUT2D eigenvalue weighted by Gasteiger charge is -2.25. The molecule has 0 amide bonds. The summed E-state index contributed by atoms with van der Waals surface area (Å²) in [6.07, 6.45) is 5.15. The normalized spacial score (nSPS) is 13.0. The van der Waals surface area contributed by atoms with Gasteiger partial charge in [-0.3, -0.25) is 9.59 Å². The molecule has 0 N–H and O–H groups in total. The molecule has 0 aliphatic heterocycles. The highest BCUT2D eigenvalue weighted by Crippen LogP contribution is 2.30. The van der Waals surface area contributed by atoms with Crippen molar-refractivity contribution in [3.63, 3.8) is 0 Å². The fraction of sp³-hybridized carbons (Fsp3) is 0.280. The summed E-state index contributed by atoms with van der Waals surface area (Å²) in [4.78, 5) is 25.9. The highest BCUT2D eigenvalue weighted by Gasteiger charge is 2.19. The van der Waals surface area contributed by atoms with Crippen LogP contribution >= 0.6 is 11.6 Å². The molecule has 0 radical (unpaired) electrons. The standard InChI is InChI=1S/C25H28ClNO3/c1-5-24(29)21-12-11-20(26)16-23(21)22(13-14-28)25(30-4)17-27(3)18(2)15-19-9-7-6-8-10-19/h6-14,16-18H,5,15H2,1-4H3/b22-13-,25-17+. The highest BCUT2D eigenvalue weighted by atomic mass is 35.5. The van der Waals surface area contributed by atoms with Crippen LogP contribution in [0.25, 0.3) is 5.57 Å². The largest absolute Gasteiger partial charge is 0.495 e. The van der Waals surface area contributed by atoms with Crippen molar-refractivity contribution in [2.45, 2.75) is 32.7 Å². The molecular formula is C25H28ClNO3. The summed E-state index contributed by atoms with van der Waals surface area (Å²) in [6, 6.07) is 15.5. The van der Waals surface area contributed by atoms with Crippen LogP contribution in [0, 0.1) is 0 Å². The van der Waals surface area contributed by atoms with Crippen molar-refractivity contribution in [3.05, 3.63) is 88.3 Å². The van der Waals surface area contributed by atoms with Gasteiger partial charge in [0.05, 0.1) is 7.11 Å². The van der Waals surface area contributed by atoms with Crippen LogP contribution in [0.4, 0.5) is 0 Å². The number of Topliss-reactive ketones (excluding diaryl/α,β-unsaturated/α-hetero) is 1. The molecule has 1 atom stereocenters. The van der Waals surface area contributed by atoms with Crippen LogP contribution in [0.15, 0.2) is 66.6 Å². The quantitative estimate of drug-likeness (QED) is 0.164. The second-order valence-electron chi connectivity index (χ2n) is 7.08. The summed E-state index contributed by atoms with van der Waals surface area (Å²) in [6.45, 7) is 3.92. The number of halogens is 1. The van der Waals surface area contributed by atoms with Crippen molar-refractivity contribution in [1.29, 1.82) is 0 Å². The van der Waals surface area contributed by atoms with Crippen LogP contribution in [0.2, 0.25) is 5.02 Å². The zero-order chi connectivity index (χ0) is 22.1. The van der Waals surface area contributed by atoms with Gasteiger partial charge in [-0.15, -0.1) is 0 Å². The minimum atomic E-state index is -0.0280. The van der Waals surface area contributed by atoms with E-state index in [-0.39, 0.29) is 11.8 Å². The first kappa shape index (κ1) is 23.4. The first-order valence-corrected chi connectivity index (χ1v) is 10.3. The molecule has 1 unspecified atom stereocenters. The predicted octanol–water partition coefficient (Wildman–Crippen LogP) is 5.57. The van der Waals surface area contributed by atoms with Gasteiger partial charge in [0.2, 0.25) is 0 Å². The number of methoxy groups -OCH3 is 1. The number of hydrogen-bond donors (Lipinski definition) is 0. The van der Waals surface area contributed by atoms with E-state index in [1.807, 2.05) is 36.3 Å². The Morgan fingerprint density at radius 2 is 1.87 bits per heavy atom. The average Bonchev–Trinajstić information content (AvgIpc) is 2.76. The Bertz CT molecular complexity index is 935. The number of benzene rings is 2. The molecule has 2 rings (SSSR count). The number of ether oxygens (including phenoxy) is 1. The zero-order valence-corrected chi connectivity index (χ0v) is 18.6. The van der Waals surface area contributed by atoms with E-state index in [0.717, 1.165) is 6.42 Å². The Balaban J connectivity index is 2.42. The summed E-state index contributed by atoms with van der Waals surface area (Å²) >= 11 is 6.21. The van der Waals surface area contributed by atoms with E-state index >= 15 is 0 Å². The lowest BCUT2D eigenvalue weighted by Crippen LogP contribution is -2.26. The number of allylic oxidation sites excluding steroid dienone is 2. The summed E-state index contributed by atoms with van der Waals surface area (Å²) in [5, 5.41) is 0.482. The fourth-order valence-corrected chi connectivity index (χ4v) is 3.36. The molecule has 30 heavy (non-hydrogen) atoms. The third-order valence-corrected chi connectivity index (χ3v) is 5.24. The molecule has 4 nitrogen and oxygen atoms in total. The molecule has 2 aromatic carbocycles. The molecule has 0 aliphatic rings. The van der Waals surface area contributed by atoms with E-state index < -0.39 is 0 Å². The van der Waals surface area contributed by atoms with E-state index in [1.54, 1.807) is 32.2 Å². The van der Waals surface area contributed by atoms with Gasteiger partial charge in [-0.05, 0) is 48.7 Å². The van der Waals surface area contributed by atoms with Gasteiger partial charge < -0.3 is 9.64 Å². The van der Waals surface area contributed by atoms with E-state index in [2.05, 4.69) is 19.1 Å². The van der Waals surface area contributed by atoms with Gasteiger partial charge in [-0.2, -0.15) is 0 Å². The molecule has 0 bridgehead atoms. The molecule has 0 aromatic heterocycles. The molecule has 0 saturated heterocycles. The van der Waals surface area contributed by atoms with Crippen LogP contribution < -0.4 is 0 Å². The van der Waals surface area contributed by atoms with Crippen LogP contribution in [-0.2, 0) is 16.0 Å². The number of carbonyl (C=O) groups excluding carboxylic acids is 2. The van der Waals surface area contributed by atoms with Crippen molar-refractivity contribution < 1.29 is 14.3 Å². The Morgan fingerprint density at radius 3 is 2.47 bits per heavy atom. The fourth-order valence-electron chi connectivity index (χ4n) is 3.19. The third-order valence-electron chi connectivity index (χ3n) is 5.00. The number of likely N-dealkylation sites (N-methyl/N-ethyl adjacent to an activating group) is 1. The molecule has 158 valence electrons. The maximum absolute atomic E-state index is 12.5. The van der Waals surface area contributed by atoms with Gasteiger partial charge in [0.15, 0.2) is 5.78 Å². The number of rotatable bonds is 10. The van der Waals surface area contributed by atoms with Crippen molar-refractivity contribution in [3.8, 4) is 0 Å². The number of hydrogen-bond acceptors (Lipinski definition) is 4. The van der Waals surface area contributed by atoms with Gasteiger partial charge in [0.1, 0.15) is 12.0 Å². The topological polar surface area (TPSA) is 46.6 Å². The van der Waals surface area contributed by atoms with Gasteiger partial charge in [-0.25, -0.2) is 0 Å². The molecule has 0 spiro atoms. The minimum absolute atomic E-state index is 0.0280. The van der Waals surface area contributed by atoms with Gasteiger partial charge in [0.25, 0.3) is 0 Å². The van der Waals surface area contributed by atoms with Crippen molar-refractivity contribution in [2.75, 3.05) is 14.2 Å². The first-order chi connectivity index (χ1) is 14.4. The number of carbonyl (C=O) groups is 2. The first-order valence-electron chi connectivity index (χ1n) is 9.91. The second-order valence-corrected chi connectivity index (χ2v) is 7.52. The summed E-state index contributed by atoms with van der Waals surface area (Å²) in [5.74, 6) is 0.455. The molecule has 2 aromatic rings. The second kappa shape index (κ2) is 11.4. The monoisotopic (exact) mass is 425 g/mol. The van der Waals surface area contributed by atoms with E-state index in [4.69, 9.17) is 16.3 Å². The molecule has 0 saturated carbocycles. The zero-order valence-electron chi connectivity index (χ0n) is 17.9. The highest BCUT2D eigenvalue weighted by molar-refractivity contribution is 6.31. The van der Waals surface area contributed by atoms with Crippen LogP contribution in [0.5, 0.6) is 0 Å². The Hall–Kier alpha value is -2.85. The Kier molecular flexibility index (Phi) is 8.88. The molecule has 5 heteroatoms. The van der Waals surface area contributed by atoms with Crippen LogP contribution in [0.1, 0.15) is 41.8 Å². The van der Waals surface area contributed by atoms with Crippen LogP contribution in [-0.4, -0.2) is 37.2 Å². The van der Waals surface area contributed by atoms with E-state index in [1.165, 1.54) is 11.6 Å². The SMILES string of the molecule is CCC(=O)c1ccc(Cl)cc1C(=C/C=O)/C(=C\N(C)C(C)Cc1ccccc1)OC. The Labute approximate surface area is 183 Å². The number of ketones is 1. The minimum Gasteiger partial charge on any atom is -0.495 e. The lowest BCUT2D eigenvalue weighted by atomic mass is 9.94. The summed E-state index contributed by atoms with van der Waals surface area (Å²) in [5.41, 5.74) is 2.85. The molecule has 0 fully saturated rings. The van der Waals surface area contributed by atoms with Crippen molar-refractivity contribution in [2.24, 2.45) is 0 Å². The maximum atomic E-state index is 12.5. The molecular weight excluding hydrogens is 398 g/mol. The predicted molar refractivity (Wildman–Crippen MR) is 123 cm³/mol. The average molecular weight is 426 g/mol. The molecule has 0 aliphatic carbocycles. The van der Waals surface area contributed by atoms with Gasteiger partial charge in [-0.1, -0.05) is 48.9 Å². The van der Waals surface area contributed by atoms with Crippen molar-refractivity contribution >= 4 is 29.2 Å². The third kappa shape index (κ3) is 6.07. The lowest BCUT2D eigenvalue weighted by molar-refractivity contribution is -0.104. The van der Waals surface area contributed by atoms with E-state index in [0.29, 0.717) is 40.2 Å². The van der Waals surface area contributed by atoms with Crippen LogP contribution in [0.3, 0.4) is 0 Å². The van der Waals surface area contributed by atoms with Crippen molar-refractivity contribution in [1.82, 2.24) is 4.90 Å². The number of aldehydes is 1. The summed E-state index contributed by atoms with van der Waals surface area (Å²) in [7, 11) is 3.51. The van der Waals surface area contributed by atoms with Gasteiger partial charge in [0, 0.05) is 41.9 Å². The number of nitrogens with zero attached hydrogens (tertiary/aromatic N) is 1. The molecule has 0 heterocycles. The Morgan fingerprint density at radius 1 is 1.17 bits per heavy atom. The van der Waals surface area contributed by atoms with Gasteiger partial charge >= 0.3 is 0 Å². The van der Waals surface area contributed by atoms with E-state index in [9.17, 15) is 9.59 Å². The smallest absolute Gasteiger partial charge is 0.163 e.